The lowest BCUT2D eigenvalue weighted by molar-refractivity contribution is 0.414. The first-order valence-electron chi connectivity index (χ1n) is 7.10. The summed E-state index contributed by atoms with van der Waals surface area (Å²) in [5, 5.41) is 10.7. The summed E-state index contributed by atoms with van der Waals surface area (Å²) < 4.78 is 7.30. The second-order valence-corrected chi connectivity index (χ2v) is 4.74. The zero-order valence-electron chi connectivity index (χ0n) is 12.8. The maximum absolute atomic E-state index is 5.41. The summed E-state index contributed by atoms with van der Waals surface area (Å²) in [4.78, 5) is 8.45. The van der Waals surface area contributed by atoms with Gasteiger partial charge in [0.2, 0.25) is 5.75 Å². The third kappa shape index (κ3) is 4.08. The van der Waals surface area contributed by atoms with Crippen LogP contribution in [0.2, 0.25) is 0 Å². The van der Waals surface area contributed by atoms with Crippen LogP contribution in [-0.2, 0) is 6.54 Å². The second-order valence-electron chi connectivity index (χ2n) is 4.74. The van der Waals surface area contributed by atoms with E-state index in [1.54, 1.807) is 7.11 Å². The van der Waals surface area contributed by atoms with E-state index in [1.165, 1.54) is 6.33 Å². The topological polar surface area (TPSA) is 76.9 Å². The number of anilines is 2. The van der Waals surface area contributed by atoms with Crippen molar-refractivity contribution in [3.05, 3.63) is 24.3 Å². The zero-order valence-corrected chi connectivity index (χ0v) is 12.8. The van der Waals surface area contributed by atoms with Crippen molar-refractivity contribution in [1.29, 1.82) is 0 Å². The minimum Gasteiger partial charge on any atom is -0.490 e. The fourth-order valence-electron chi connectivity index (χ4n) is 1.94. The first-order chi connectivity index (χ1) is 10.2. The van der Waals surface area contributed by atoms with Crippen molar-refractivity contribution in [2.45, 2.75) is 26.8 Å². The minimum absolute atomic E-state index is 0.641. The molecule has 7 nitrogen and oxygen atoms in total. The molecule has 0 aliphatic carbocycles. The van der Waals surface area contributed by atoms with Crippen molar-refractivity contribution in [2.24, 2.45) is 0 Å². The van der Waals surface area contributed by atoms with Gasteiger partial charge in [-0.05, 0) is 18.9 Å². The average Bonchev–Trinajstić information content (AvgIpc) is 2.90. The molecule has 0 unspecified atom stereocenters. The molecule has 0 radical (unpaired) electrons. The van der Waals surface area contributed by atoms with Gasteiger partial charge < -0.3 is 15.4 Å². The van der Waals surface area contributed by atoms with Gasteiger partial charge in [0.25, 0.3) is 0 Å². The van der Waals surface area contributed by atoms with Crippen LogP contribution in [0.25, 0.3) is 0 Å². The standard InChI is InChI=1S/C14H22N6O/c1-4-5-15-13-12(21-3)14(18-10-17-13)16-6-7-20-9-11(2)8-19-20/h8-10H,4-7H2,1-3H3,(H2,15,16,17,18). The second kappa shape index (κ2) is 7.47. The quantitative estimate of drug-likeness (QED) is 0.773. The molecule has 7 heteroatoms. The Balaban J connectivity index is 1.98. The van der Waals surface area contributed by atoms with Gasteiger partial charge in [0.05, 0.1) is 19.9 Å². The zero-order chi connectivity index (χ0) is 15.1. The molecule has 0 fully saturated rings. The number of ether oxygens (including phenoxy) is 1. The van der Waals surface area contributed by atoms with Gasteiger partial charge in [-0.25, -0.2) is 9.97 Å². The number of methoxy groups -OCH3 is 1. The van der Waals surface area contributed by atoms with Gasteiger partial charge in [0, 0.05) is 19.3 Å². The Labute approximate surface area is 124 Å². The Morgan fingerprint density at radius 1 is 1.19 bits per heavy atom. The number of nitrogens with zero attached hydrogens (tertiary/aromatic N) is 4. The highest BCUT2D eigenvalue weighted by molar-refractivity contribution is 5.63. The summed E-state index contributed by atoms with van der Waals surface area (Å²) in [6.07, 6.45) is 6.40. The molecule has 0 atom stereocenters. The molecule has 0 spiro atoms. The van der Waals surface area contributed by atoms with Gasteiger partial charge in [-0.3, -0.25) is 4.68 Å². The first kappa shape index (κ1) is 15.1. The number of hydrogen-bond acceptors (Lipinski definition) is 6. The molecule has 2 rings (SSSR count). The van der Waals surface area contributed by atoms with Crippen molar-refractivity contribution >= 4 is 11.6 Å². The van der Waals surface area contributed by atoms with Crippen LogP contribution in [0.5, 0.6) is 5.75 Å². The van der Waals surface area contributed by atoms with Crippen molar-refractivity contribution < 1.29 is 4.74 Å². The van der Waals surface area contributed by atoms with E-state index in [2.05, 4.69) is 32.6 Å². The third-order valence-corrected chi connectivity index (χ3v) is 2.95. The molecule has 2 aromatic rings. The van der Waals surface area contributed by atoms with Gasteiger partial charge in [0.15, 0.2) is 11.6 Å². The molecule has 0 aliphatic heterocycles. The Hall–Kier alpha value is -2.31. The fraction of sp³-hybridized carbons (Fsp3) is 0.500. The van der Waals surface area contributed by atoms with E-state index in [0.717, 1.165) is 25.1 Å². The summed E-state index contributed by atoms with van der Waals surface area (Å²) in [5.74, 6) is 2.05. The molecular formula is C14H22N6O. The summed E-state index contributed by atoms with van der Waals surface area (Å²) in [5.41, 5.74) is 1.15. The van der Waals surface area contributed by atoms with Crippen molar-refractivity contribution in [1.82, 2.24) is 19.7 Å². The van der Waals surface area contributed by atoms with Crippen molar-refractivity contribution in [2.75, 3.05) is 30.8 Å². The van der Waals surface area contributed by atoms with E-state index in [-0.39, 0.29) is 0 Å². The minimum atomic E-state index is 0.641. The van der Waals surface area contributed by atoms with E-state index in [4.69, 9.17) is 4.74 Å². The van der Waals surface area contributed by atoms with Crippen LogP contribution < -0.4 is 15.4 Å². The summed E-state index contributed by atoms with van der Waals surface area (Å²) in [6.45, 7) is 6.45. The SMILES string of the molecule is CCCNc1ncnc(NCCn2cc(C)cn2)c1OC. The van der Waals surface area contributed by atoms with Gasteiger partial charge in [-0.2, -0.15) is 5.10 Å². The van der Waals surface area contributed by atoms with Gasteiger partial charge >= 0.3 is 0 Å². The Morgan fingerprint density at radius 3 is 2.48 bits per heavy atom. The predicted molar refractivity (Wildman–Crippen MR) is 82.8 cm³/mol. The molecule has 0 bridgehead atoms. The lowest BCUT2D eigenvalue weighted by atomic mass is 10.4. The lowest BCUT2D eigenvalue weighted by Gasteiger charge is -2.13. The summed E-state index contributed by atoms with van der Waals surface area (Å²) in [6, 6.07) is 0. The van der Waals surface area contributed by atoms with E-state index >= 15 is 0 Å². The number of aryl methyl sites for hydroxylation is 1. The molecule has 2 heterocycles. The maximum atomic E-state index is 5.41. The van der Waals surface area contributed by atoms with Crippen molar-refractivity contribution in [3.63, 3.8) is 0 Å². The van der Waals surface area contributed by atoms with Crippen LogP contribution in [0.1, 0.15) is 18.9 Å². The molecule has 0 amide bonds. The molecule has 2 aromatic heterocycles. The smallest absolute Gasteiger partial charge is 0.204 e. The largest absolute Gasteiger partial charge is 0.490 e. The van der Waals surface area contributed by atoms with E-state index in [9.17, 15) is 0 Å². The number of nitrogens with one attached hydrogen (secondary N) is 2. The predicted octanol–water partition coefficient (Wildman–Crippen LogP) is 1.92. The average molecular weight is 290 g/mol. The molecule has 2 N–H and O–H groups in total. The number of hydrogen-bond donors (Lipinski definition) is 2. The molecule has 21 heavy (non-hydrogen) atoms. The molecule has 0 aliphatic rings. The summed E-state index contributed by atoms with van der Waals surface area (Å²) >= 11 is 0. The molecule has 0 aromatic carbocycles. The van der Waals surface area contributed by atoms with E-state index in [0.29, 0.717) is 23.9 Å². The molecular weight excluding hydrogens is 268 g/mol. The van der Waals surface area contributed by atoms with Crippen LogP contribution in [0.4, 0.5) is 11.6 Å². The highest BCUT2D eigenvalue weighted by Gasteiger charge is 2.11. The Bertz CT molecular complexity index is 568. The third-order valence-electron chi connectivity index (χ3n) is 2.95. The number of aromatic nitrogens is 4. The van der Waals surface area contributed by atoms with Gasteiger partial charge in [-0.15, -0.1) is 0 Å². The highest BCUT2D eigenvalue weighted by Crippen LogP contribution is 2.28. The Kier molecular flexibility index (Phi) is 5.36. The highest BCUT2D eigenvalue weighted by atomic mass is 16.5. The maximum Gasteiger partial charge on any atom is 0.204 e. The first-order valence-corrected chi connectivity index (χ1v) is 7.10. The van der Waals surface area contributed by atoms with Crippen LogP contribution in [0, 0.1) is 6.92 Å². The van der Waals surface area contributed by atoms with E-state index in [1.807, 2.05) is 24.0 Å². The fourth-order valence-corrected chi connectivity index (χ4v) is 1.94. The summed E-state index contributed by atoms with van der Waals surface area (Å²) in [7, 11) is 1.62. The van der Waals surface area contributed by atoms with Crippen molar-refractivity contribution in [3.8, 4) is 5.75 Å². The van der Waals surface area contributed by atoms with Crippen LogP contribution >= 0.6 is 0 Å². The van der Waals surface area contributed by atoms with Gasteiger partial charge in [0.1, 0.15) is 6.33 Å². The monoisotopic (exact) mass is 290 g/mol. The van der Waals surface area contributed by atoms with Crippen LogP contribution in [-0.4, -0.2) is 39.9 Å². The Morgan fingerprint density at radius 2 is 1.90 bits per heavy atom. The normalized spacial score (nSPS) is 10.4. The van der Waals surface area contributed by atoms with E-state index < -0.39 is 0 Å². The molecule has 0 saturated heterocycles. The van der Waals surface area contributed by atoms with Gasteiger partial charge in [-0.1, -0.05) is 6.92 Å². The molecule has 0 saturated carbocycles. The van der Waals surface area contributed by atoms with Crippen LogP contribution in [0.3, 0.4) is 0 Å². The van der Waals surface area contributed by atoms with Crippen LogP contribution in [0.15, 0.2) is 18.7 Å². The lowest BCUT2D eigenvalue weighted by Crippen LogP contribution is -2.13. The molecule has 114 valence electrons. The number of rotatable bonds is 8.